The Balaban J connectivity index is 1.68. The van der Waals surface area contributed by atoms with Gasteiger partial charge in [0.1, 0.15) is 17.7 Å². The van der Waals surface area contributed by atoms with Crippen molar-refractivity contribution in [3.05, 3.63) is 95.6 Å². The van der Waals surface area contributed by atoms with Crippen molar-refractivity contribution in [2.24, 2.45) is 5.10 Å². The van der Waals surface area contributed by atoms with Crippen LogP contribution in [0.5, 0.6) is 0 Å². The lowest BCUT2D eigenvalue weighted by Crippen LogP contribution is -2.08. The molecule has 5 heteroatoms. The molecular weight excluding hydrogens is 384 g/mol. The van der Waals surface area contributed by atoms with Crippen LogP contribution in [0.3, 0.4) is 0 Å². The van der Waals surface area contributed by atoms with Gasteiger partial charge in [0.15, 0.2) is 5.82 Å². The number of para-hydroxylation sites is 1. The first-order chi connectivity index (χ1) is 15.2. The van der Waals surface area contributed by atoms with Crippen LogP contribution in [0.1, 0.15) is 18.1 Å². The molecule has 1 N–H and O–H groups in total. The number of aryl methyl sites for hydroxylation is 2. The average molecular weight is 406 g/mol. The maximum absolute atomic E-state index is 6.24. The predicted octanol–water partition coefficient (Wildman–Crippen LogP) is 5.84. The van der Waals surface area contributed by atoms with E-state index in [1.54, 1.807) is 6.33 Å². The quantitative estimate of drug-likeness (QED) is 0.381. The molecule has 0 unspecified atom stereocenters. The molecule has 0 aliphatic carbocycles. The molecule has 31 heavy (non-hydrogen) atoms. The minimum Gasteiger partial charge on any atom is -0.456 e. The lowest BCUT2D eigenvalue weighted by molar-refractivity contribution is 0.618. The van der Waals surface area contributed by atoms with E-state index in [2.05, 4.69) is 65.6 Å². The number of fused-ring (bicyclic) bond motifs is 2. The largest absolute Gasteiger partial charge is 0.456 e. The molecule has 2 aromatic heterocycles. The molecule has 2 heterocycles. The van der Waals surface area contributed by atoms with Gasteiger partial charge in [-0.15, -0.1) is 0 Å². The van der Waals surface area contributed by atoms with Crippen molar-refractivity contribution in [2.75, 3.05) is 5.43 Å². The van der Waals surface area contributed by atoms with Gasteiger partial charge in [-0.05, 0) is 43.2 Å². The van der Waals surface area contributed by atoms with Crippen LogP contribution in [0.25, 0.3) is 33.2 Å². The third kappa shape index (κ3) is 3.78. The average Bonchev–Trinajstić information content (AvgIpc) is 2.82. The van der Waals surface area contributed by atoms with Crippen LogP contribution in [0.4, 0.5) is 5.82 Å². The first-order valence-corrected chi connectivity index (χ1v) is 10.3. The molecule has 0 saturated carbocycles. The van der Waals surface area contributed by atoms with Gasteiger partial charge in [0.2, 0.25) is 0 Å². The van der Waals surface area contributed by atoms with Gasteiger partial charge in [-0.1, -0.05) is 55.0 Å². The van der Waals surface area contributed by atoms with Crippen molar-refractivity contribution < 1.29 is 4.42 Å². The molecule has 0 saturated heterocycles. The van der Waals surface area contributed by atoms with Crippen molar-refractivity contribution >= 4 is 27.7 Å². The summed E-state index contributed by atoms with van der Waals surface area (Å²) in [6.45, 7) is 4.21. The number of rotatable bonds is 4. The Kier molecular flexibility index (Phi) is 4.92. The first-order valence-electron chi connectivity index (χ1n) is 10.3. The number of benzene rings is 3. The van der Waals surface area contributed by atoms with Gasteiger partial charge in [-0.3, -0.25) is 5.43 Å². The predicted molar refractivity (Wildman–Crippen MR) is 124 cm³/mol. The molecule has 0 fully saturated rings. The molecule has 5 rings (SSSR count). The zero-order chi connectivity index (χ0) is 21.2. The standard InChI is InChI=1S/C26H22N4O/c1-3-18-10-13-24-21(14-18)23(15-25(31-24)19-11-8-17(2)9-12-19)29-30-26-20-6-4-5-7-22(20)27-16-28-26/h4-16H,3H2,1-2H3,(H,27,28,30)/b29-23-. The van der Waals surface area contributed by atoms with Gasteiger partial charge in [0.25, 0.3) is 0 Å². The Morgan fingerprint density at radius 3 is 2.58 bits per heavy atom. The van der Waals surface area contributed by atoms with Crippen molar-refractivity contribution in [1.29, 1.82) is 0 Å². The molecule has 0 bridgehead atoms. The van der Waals surface area contributed by atoms with E-state index in [4.69, 9.17) is 9.52 Å². The molecule has 3 aromatic carbocycles. The highest BCUT2D eigenvalue weighted by Gasteiger charge is 2.08. The van der Waals surface area contributed by atoms with Crippen molar-refractivity contribution in [1.82, 2.24) is 9.97 Å². The van der Waals surface area contributed by atoms with E-state index in [0.29, 0.717) is 5.82 Å². The second-order valence-corrected chi connectivity index (χ2v) is 7.51. The molecule has 0 atom stereocenters. The molecular formula is C26H22N4O. The summed E-state index contributed by atoms with van der Waals surface area (Å²) in [5, 5.41) is 7.42. The summed E-state index contributed by atoms with van der Waals surface area (Å²) in [6, 6.07) is 24.4. The van der Waals surface area contributed by atoms with Crippen molar-refractivity contribution in [3.63, 3.8) is 0 Å². The minimum absolute atomic E-state index is 0.670. The summed E-state index contributed by atoms with van der Waals surface area (Å²) < 4.78 is 6.24. The molecule has 5 nitrogen and oxygen atoms in total. The van der Waals surface area contributed by atoms with Gasteiger partial charge < -0.3 is 4.42 Å². The Morgan fingerprint density at radius 2 is 1.74 bits per heavy atom. The number of nitrogens with zero attached hydrogens (tertiary/aromatic N) is 3. The molecule has 5 aromatic rings. The van der Waals surface area contributed by atoms with E-state index in [1.165, 1.54) is 11.1 Å². The molecule has 0 spiro atoms. The van der Waals surface area contributed by atoms with Crippen LogP contribution in [0, 0.1) is 6.92 Å². The topological polar surface area (TPSA) is 63.3 Å². The Bertz CT molecular complexity index is 1450. The zero-order valence-electron chi connectivity index (χ0n) is 17.5. The van der Waals surface area contributed by atoms with Gasteiger partial charge >= 0.3 is 0 Å². The van der Waals surface area contributed by atoms with Gasteiger partial charge in [0.05, 0.1) is 10.9 Å². The van der Waals surface area contributed by atoms with Gasteiger partial charge in [-0.2, -0.15) is 5.10 Å². The third-order valence-electron chi connectivity index (χ3n) is 5.38. The number of hydrogen-bond donors (Lipinski definition) is 1. The maximum atomic E-state index is 6.24. The fraction of sp³-hybridized carbons (Fsp3) is 0.115. The Morgan fingerprint density at radius 1 is 0.903 bits per heavy atom. The second-order valence-electron chi connectivity index (χ2n) is 7.51. The fourth-order valence-electron chi connectivity index (χ4n) is 3.60. The molecule has 0 amide bonds. The Labute approximate surface area is 180 Å². The molecule has 0 radical (unpaired) electrons. The lowest BCUT2D eigenvalue weighted by atomic mass is 10.1. The highest BCUT2D eigenvalue weighted by atomic mass is 16.3. The lowest BCUT2D eigenvalue weighted by Gasteiger charge is -2.08. The van der Waals surface area contributed by atoms with Gasteiger partial charge in [0, 0.05) is 22.4 Å². The van der Waals surface area contributed by atoms with Crippen LogP contribution in [0.15, 0.2) is 88.6 Å². The molecule has 152 valence electrons. The fourth-order valence-corrected chi connectivity index (χ4v) is 3.60. The highest BCUT2D eigenvalue weighted by Crippen LogP contribution is 2.24. The Hall–Kier alpha value is -3.99. The minimum atomic E-state index is 0.670. The smallest absolute Gasteiger partial charge is 0.157 e. The van der Waals surface area contributed by atoms with Crippen molar-refractivity contribution in [3.8, 4) is 11.3 Å². The number of hydrogen-bond acceptors (Lipinski definition) is 5. The monoisotopic (exact) mass is 406 g/mol. The van der Waals surface area contributed by atoms with Crippen LogP contribution >= 0.6 is 0 Å². The number of aromatic nitrogens is 2. The van der Waals surface area contributed by atoms with Crippen LogP contribution in [-0.2, 0) is 6.42 Å². The summed E-state index contributed by atoms with van der Waals surface area (Å²) in [5.74, 6) is 1.44. The normalized spacial score (nSPS) is 11.9. The summed E-state index contributed by atoms with van der Waals surface area (Å²) >= 11 is 0. The highest BCUT2D eigenvalue weighted by molar-refractivity contribution is 5.88. The maximum Gasteiger partial charge on any atom is 0.157 e. The van der Waals surface area contributed by atoms with Crippen molar-refractivity contribution in [2.45, 2.75) is 20.3 Å². The molecule has 0 aliphatic heterocycles. The summed E-state index contributed by atoms with van der Waals surface area (Å²) in [4.78, 5) is 8.71. The SMILES string of the molecule is CCc1ccc2oc(-c3ccc(C)cc3)c/c(=N/Nc3ncnc4ccccc34)c2c1. The van der Waals surface area contributed by atoms with E-state index in [-0.39, 0.29) is 0 Å². The van der Waals surface area contributed by atoms with Crippen LogP contribution < -0.4 is 10.8 Å². The van der Waals surface area contributed by atoms with Gasteiger partial charge in [-0.25, -0.2) is 9.97 Å². The van der Waals surface area contributed by atoms with Crippen LogP contribution in [-0.4, -0.2) is 9.97 Å². The summed E-state index contributed by atoms with van der Waals surface area (Å²) in [6.07, 6.45) is 2.49. The molecule has 0 aliphatic rings. The summed E-state index contributed by atoms with van der Waals surface area (Å²) in [5.41, 5.74) is 8.27. The number of anilines is 1. The third-order valence-corrected chi connectivity index (χ3v) is 5.38. The zero-order valence-corrected chi connectivity index (χ0v) is 17.5. The number of nitrogens with one attached hydrogen (secondary N) is 1. The second kappa shape index (κ2) is 8.03. The van der Waals surface area contributed by atoms with Crippen LogP contribution in [0.2, 0.25) is 0 Å². The first kappa shape index (κ1) is 19.0. The van der Waals surface area contributed by atoms with E-state index < -0.39 is 0 Å². The van der Waals surface area contributed by atoms with E-state index in [9.17, 15) is 0 Å². The summed E-state index contributed by atoms with van der Waals surface area (Å²) in [7, 11) is 0. The van der Waals surface area contributed by atoms with E-state index in [1.807, 2.05) is 36.4 Å². The van der Waals surface area contributed by atoms with E-state index >= 15 is 0 Å². The van der Waals surface area contributed by atoms with E-state index in [0.717, 1.165) is 45.0 Å².